The molecule has 8 unspecified atom stereocenters. The summed E-state index contributed by atoms with van der Waals surface area (Å²) in [5.41, 5.74) is 0.972. The lowest BCUT2D eigenvalue weighted by Crippen LogP contribution is -2.43. The third kappa shape index (κ3) is 8.45. The molecule has 0 N–H and O–H groups in total. The van der Waals surface area contributed by atoms with Gasteiger partial charge in [0.15, 0.2) is 0 Å². The van der Waals surface area contributed by atoms with E-state index in [1.54, 1.807) is 173 Å². The first kappa shape index (κ1) is 34.5. The van der Waals surface area contributed by atoms with E-state index in [4.69, 9.17) is 0 Å². The van der Waals surface area contributed by atoms with Crippen LogP contribution in [0.5, 0.6) is 0 Å². The van der Waals surface area contributed by atoms with Crippen LogP contribution in [0.3, 0.4) is 0 Å². The van der Waals surface area contributed by atoms with Crippen LogP contribution in [0, 0.1) is 88.3 Å². The van der Waals surface area contributed by atoms with E-state index in [1.807, 2.05) is 0 Å². The summed E-state index contributed by atoms with van der Waals surface area (Å²) >= 11 is 0. The van der Waals surface area contributed by atoms with Gasteiger partial charge in [-0.3, -0.25) is 0 Å². The zero-order valence-electron chi connectivity index (χ0n) is 32.4. The number of rotatable bonds is 0. The van der Waals surface area contributed by atoms with Crippen LogP contribution in [0.2, 0.25) is 0 Å². The lowest BCUT2D eigenvalue weighted by molar-refractivity contribution is -0.0184. The van der Waals surface area contributed by atoms with E-state index < -0.39 is 0 Å². The lowest BCUT2D eigenvalue weighted by Gasteiger charge is -2.51. The summed E-state index contributed by atoms with van der Waals surface area (Å²) in [5, 5.41) is 0. The van der Waals surface area contributed by atoms with Crippen molar-refractivity contribution in [2.24, 2.45) is 88.3 Å². The molecular weight excluding hydrogens is 589 g/mol. The normalized spacial score (nSPS) is 49.1. The Labute approximate surface area is 305 Å². The summed E-state index contributed by atoms with van der Waals surface area (Å²) in [6, 6.07) is 0. The monoisotopic (exact) mass is 669 g/mol. The quantitative estimate of drug-likeness (QED) is 0.225. The van der Waals surface area contributed by atoms with Gasteiger partial charge in [0.25, 0.3) is 0 Å². The SMILES string of the molecule is C1=CCCC2CC2CC1.C1C2CC3CC1CC(C2)C3.C1CC2(C1)CC2.C1CC2CCC1C2.C1CCC2C(C1)CCC1C3CCCC3CCC21. The Morgan fingerprint density at radius 3 is 1.14 bits per heavy atom. The first-order valence-electron chi connectivity index (χ1n) is 23.8. The molecule has 0 aromatic carbocycles. The molecule has 14 aliphatic rings. The summed E-state index contributed by atoms with van der Waals surface area (Å²) in [5.74, 6) is 16.3. The van der Waals surface area contributed by atoms with Crippen molar-refractivity contribution >= 4 is 0 Å². The standard InChI is InChI=1S/C17H28.C10H16.C9H14.C7H12.C6H10/c1-2-6-14-12(4-1)8-10-17-15-7-3-5-13(15)9-11-16(14)17;1-7-2-9-4-8(1)5-10(3-7)6-9;1-2-4-6-9-7-8(9)5-3-1;1-2-7-4-3-6(1)5-7;1-2-6(3-1)4-5-6/h12-17H,1-11H2;7-10H,1-6H2;1-2,8-9H,3-7H2;6-7H,1-5H2;1-5H2. The Morgan fingerprint density at radius 1 is 0.286 bits per heavy atom. The van der Waals surface area contributed by atoms with Crippen molar-refractivity contribution in [1.29, 1.82) is 0 Å². The molecule has 14 rings (SSSR count). The number of allylic oxidation sites excluding steroid dienone is 2. The van der Waals surface area contributed by atoms with E-state index in [9.17, 15) is 0 Å². The number of hydrogen-bond donors (Lipinski definition) is 0. The van der Waals surface area contributed by atoms with Crippen molar-refractivity contribution in [1.82, 2.24) is 0 Å². The minimum Gasteiger partial charge on any atom is -0.0885 e. The second kappa shape index (κ2) is 15.6. The fraction of sp³-hybridized carbons (Fsp3) is 0.959. The molecule has 49 heavy (non-hydrogen) atoms. The maximum atomic E-state index is 2.36. The van der Waals surface area contributed by atoms with E-state index in [0.717, 1.165) is 29.1 Å². The Bertz CT molecular complexity index is 983. The van der Waals surface area contributed by atoms with Gasteiger partial charge < -0.3 is 0 Å². The van der Waals surface area contributed by atoms with Gasteiger partial charge in [-0.25, -0.2) is 0 Å². The van der Waals surface area contributed by atoms with Crippen molar-refractivity contribution in [3.05, 3.63) is 12.2 Å². The molecule has 0 amide bonds. The Balaban J connectivity index is 0.0000000875. The molecule has 13 fully saturated rings. The number of fused-ring (bicyclic) bond motifs is 8. The second-order valence-electron chi connectivity index (χ2n) is 21.8. The molecular formula is C49H80. The summed E-state index contributed by atoms with van der Waals surface area (Å²) in [6.45, 7) is 0. The maximum absolute atomic E-state index is 2.36. The molecule has 0 aromatic heterocycles. The molecule has 0 heteroatoms. The van der Waals surface area contributed by atoms with Gasteiger partial charge in [0.1, 0.15) is 0 Å². The molecule has 0 aliphatic heterocycles. The van der Waals surface area contributed by atoms with E-state index in [2.05, 4.69) is 12.2 Å². The van der Waals surface area contributed by atoms with Crippen LogP contribution in [-0.2, 0) is 0 Å². The molecule has 276 valence electrons. The van der Waals surface area contributed by atoms with Gasteiger partial charge in [-0.2, -0.15) is 0 Å². The van der Waals surface area contributed by atoms with Crippen LogP contribution < -0.4 is 0 Å². The predicted molar refractivity (Wildman–Crippen MR) is 208 cm³/mol. The fourth-order valence-corrected chi connectivity index (χ4v) is 15.8. The largest absolute Gasteiger partial charge is 0.0885 e. The van der Waals surface area contributed by atoms with Crippen molar-refractivity contribution in [2.75, 3.05) is 0 Å². The van der Waals surface area contributed by atoms with Gasteiger partial charge in [-0.15, -0.1) is 0 Å². The van der Waals surface area contributed by atoms with Crippen LogP contribution in [0.4, 0.5) is 0 Å². The van der Waals surface area contributed by atoms with Crippen LogP contribution in [0.15, 0.2) is 12.2 Å². The lowest BCUT2D eigenvalue weighted by atomic mass is 9.54. The average Bonchev–Trinajstić information content (AvgIpc) is 3.85. The molecule has 14 aliphatic carbocycles. The van der Waals surface area contributed by atoms with Crippen molar-refractivity contribution in [3.8, 4) is 0 Å². The zero-order chi connectivity index (χ0) is 32.6. The van der Waals surface area contributed by atoms with Crippen LogP contribution in [0.25, 0.3) is 0 Å². The molecule has 0 aromatic rings. The highest BCUT2D eigenvalue weighted by molar-refractivity contribution is 5.00. The second-order valence-corrected chi connectivity index (χ2v) is 21.8. The molecule has 1 spiro atoms. The summed E-state index contributed by atoms with van der Waals surface area (Å²) in [7, 11) is 0. The van der Waals surface area contributed by atoms with Crippen molar-refractivity contribution in [3.63, 3.8) is 0 Å². The highest BCUT2D eigenvalue weighted by atomic mass is 14.5. The Kier molecular flexibility index (Phi) is 11.0. The molecule has 6 bridgehead atoms. The maximum Gasteiger partial charge on any atom is -0.0297 e. The van der Waals surface area contributed by atoms with E-state index in [1.165, 1.54) is 91.3 Å². The minimum absolute atomic E-state index is 0.972. The van der Waals surface area contributed by atoms with Gasteiger partial charge >= 0.3 is 0 Å². The molecule has 0 nitrogen and oxygen atoms in total. The van der Waals surface area contributed by atoms with Gasteiger partial charge in [0.2, 0.25) is 0 Å². The molecule has 13 saturated carbocycles. The third-order valence-electron chi connectivity index (χ3n) is 18.7. The first-order chi connectivity index (χ1) is 24.2. The van der Waals surface area contributed by atoms with Crippen LogP contribution in [-0.4, -0.2) is 0 Å². The summed E-state index contributed by atoms with van der Waals surface area (Å²) < 4.78 is 0. The Morgan fingerprint density at radius 2 is 0.735 bits per heavy atom. The minimum atomic E-state index is 0.972. The third-order valence-corrected chi connectivity index (χ3v) is 18.7. The van der Waals surface area contributed by atoms with E-state index in [0.29, 0.717) is 0 Å². The van der Waals surface area contributed by atoms with Crippen molar-refractivity contribution in [2.45, 2.75) is 205 Å². The van der Waals surface area contributed by atoms with Gasteiger partial charge in [-0.05, 0) is 230 Å². The highest BCUT2D eigenvalue weighted by Crippen LogP contribution is 2.61. The first-order valence-corrected chi connectivity index (χ1v) is 23.8. The molecule has 0 saturated heterocycles. The van der Waals surface area contributed by atoms with Gasteiger partial charge in [0.05, 0.1) is 0 Å². The fourth-order valence-electron chi connectivity index (χ4n) is 15.8. The van der Waals surface area contributed by atoms with Crippen LogP contribution >= 0.6 is 0 Å². The molecule has 0 heterocycles. The molecule has 0 radical (unpaired) electrons. The smallest absolute Gasteiger partial charge is 0.0297 e. The molecule has 8 atom stereocenters. The highest BCUT2D eigenvalue weighted by Gasteiger charge is 2.49. The van der Waals surface area contributed by atoms with Gasteiger partial charge in [0, 0.05) is 0 Å². The Hall–Kier alpha value is -0.260. The number of hydrogen-bond acceptors (Lipinski definition) is 0. The van der Waals surface area contributed by atoms with Gasteiger partial charge in [-0.1, -0.05) is 76.4 Å². The van der Waals surface area contributed by atoms with Crippen LogP contribution in [0.1, 0.15) is 205 Å². The van der Waals surface area contributed by atoms with E-state index >= 15 is 0 Å². The van der Waals surface area contributed by atoms with E-state index in [-0.39, 0.29) is 0 Å². The zero-order valence-corrected chi connectivity index (χ0v) is 32.4. The van der Waals surface area contributed by atoms with Crippen molar-refractivity contribution < 1.29 is 0 Å². The average molecular weight is 669 g/mol. The summed E-state index contributed by atoms with van der Waals surface area (Å²) in [4.78, 5) is 0. The topological polar surface area (TPSA) is 0 Å². The predicted octanol–water partition coefficient (Wildman–Crippen LogP) is 14.8. The summed E-state index contributed by atoms with van der Waals surface area (Å²) in [6.07, 6.45) is 54.6.